The Hall–Kier alpha value is -0.790. The van der Waals surface area contributed by atoms with E-state index in [-0.39, 0.29) is 5.97 Å². The zero-order valence-electron chi connectivity index (χ0n) is 12.3. The van der Waals surface area contributed by atoms with E-state index in [1.807, 2.05) is 13.0 Å². The molecule has 0 aromatic rings. The van der Waals surface area contributed by atoms with Crippen molar-refractivity contribution in [2.24, 2.45) is 27.1 Å². The van der Waals surface area contributed by atoms with Gasteiger partial charge in [-0.3, -0.25) is 0 Å². The summed E-state index contributed by atoms with van der Waals surface area (Å²) in [6.45, 7) is 2.41. The van der Waals surface area contributed by atoms with E-state index in [1.54, 1.807) is 5.57 Å². The van der Waals surface area contributed by atoms with E-state index in [9.17, 15) is 4.79 Å². The molecule has 5 spiro atoms. The van der Waals surface area contributed by atoms with E-state index < -0.39 is 0 Å². The summed E-state index contributed by atoms with van der Waals surface area (Å²) in [4.78, 5) is 12.1. The molecule has 0 heterocycles. The van der Waals surface area contributed by atoms with Crippen molar-refractivity contribution in [1.82, 2.24) is 0 Å². The van der Waals surface area contributed by atoms with Crippen LogP contribution in [-0.2, 0) is 9.53 Å². The molecule has 6 fully saturated rings. The number of hydrogen-bond acceptors (Lipinski definition) is 2. The van der Waals surface area contributed by atoms with Crippen molar-refractivity contribution in [1.29, 1.82) is 0 Å². The van der Waals surface area contributed by atoms with Crippen molar-refractivity contribution in [3.63, 3.8) is 0 Å². The molecule has 0 aromatic carbocycles. The molecule has 20 heavy (non-hydrogen) atoms. The Morgan fingerprint density at radius 2 is 1.55 bits per heavy atom. The number of ether oxygens (including phenoxy) is 1. The van der Waals surface area contributed by atoms with Gasteiger partial charge in [0.2, 0.25) is 0 Å². The van der Waals surface area contributed by atoms with E-state index in [0.717, 1.165) is 0 Å². The monoisotopic (exact) mass is 270 g/mol. The van der Waals surface area contributed by atoms with Crippen LogP contribution < -0.4 is 0 Å². The lowest BCUT2D eigenvalue weighted by Gasteiger charge is -2.53. The minimum atomic E-state index is -0.0675. The molecule has 0 radical (unpaired) electrons. The molecular formula is C18H22O2. The maximum atomic E-state index is 12.1. The molecule has 0 aromatic heterocycles. The van der Waals surface area contributed by atoms with Gasteiger partial charge in [0.25, 0.3) is 0 Å². The summed E-state index contributed by atoms with van der Waals surface area (Å²) in [6.07, 6.45) is 13.4. The first-order valence-corrected chi connectivity index (χ1v) is 8.56. The maximum Gasteiger partial charge on any atom is 0.330 e. The van der Waals surface area contributed by atoms with Gasteiger partial charge >= 0.3 is 5.97 Å². The number of fused-ring (bicyclic) bond motifs is 5. The van der Waals surface area contributed by atoms with Crippen LogP contribution in [0.2, 0.25) is 0 Å². The quantitative estimate of drug-likeness (QED) is 0.566. The minimum absolute atomic E-state index is 0.0675. The van der Waals surface area contributed by atoms with Gasteiger partial charge in [-0.15, -0.1) is 0 Å². The van der Waals surface area contributed by atoms with Gasteiger partial charge in [-0.25, -0.2) is 4.79 Å². The molecule has 0 amide bonds. The predicted molar refractivity (Wildman–Crippen MR) is 73.8 cm³/mol. The van der Waals surface area contributed by atoms with Crippen molar-refractivity contribution in [2.45, 2.75) is 58.3 Å². The molecule has 106 valence electrons. The molecule has 0 bridgehead atoms. The fourth-order valence-corrected chi connectivity index (χ4v) is 7.80. The molecule has 2 heteroatoms. The minimum Gasteiger partial charge on any atom is -0.463 e. The summed E-state index contributed by atoms with van der Waals surface area (Å²) in [5, 5.41) is 0. The van der Waals surface area contributed by atoms with Gasteiger partial charge < -0.3 is 4.74 Å². The lowest BCUT2D eigenvalue weighted by atomic mass is 9.49. The van der Waals surface area contributed by atoms with E-state index in [1.165, 1.54) is 51.4 Å². The zero-order chi connectivity index (χ0) is 13.4. The fourth-order valence-electron chi connectivity index (χ4n) is 7.80. The molecule has 0 saturated heterocycles. The van der Waals surface area contributed by atoms with Crippen LogP contribution in [0.25, 0.3) is 0 Å². The third-order valence-corrected chi connectivity index (χ3v) is 8.39. The number of allylic oxidation sites excluding steroid dienone is 1. The summed E-state index contributed by atoms with van der Waals surface area (Å²) < 4.78 is 5.24. The molecular weight excluding hydrogens is 248 g/mol. The van der Waals surface area contributed by atoms with Gasteiger partial charge in [0.1, 0.15) is 0 Å². The Bertz CT molecular complexity index is 577. The van der Waals surface area contributed by atoms with Crippen molar-refractivity contribution in [3.05, 3.63) is 11.6 Å². The zero-order valence-corrected chi connectivity index (χ0v) is 12.3. The lowest BCUT2D eigenvalue weighted by molar-refractivity contribution is -0.137. The molecule has 0 unspecified atom stereocenters. The van der Waals surface area contributed by atoms with Gasteiger partial charge in [-0.2, -0.15) is 0 Å². The van der Waals surface area contributed by atoms with Gasteiger partial charge in [0.15, 0.2) is 0 Å². The molecule has 2 nitrogen and oxygen atoms in total. The van der Waals surface area contributed by atoms with Crippen molar-refractivity contribution in [2.75, 3.05) is 6.61 Å². The summed E-state index contributed by atoms with van der Waals surface area (Å²) in [5.41, 5.74) is 4.55. The molecule has 0 aliphatic heterocycles. The van der Waals surface area contributed by atoms with E-state index >= 15 is 0 Å². The average Bonchev–Trinajstić information content (AvgIpc) is 3.22. The Labute approximate surface area is 119 Å². The second-order valence-electron chi connectivity index (χ2n) is 8.39. The Kier molecular flexibility index (Phi) is 1.37. The Balaban J connectivity index is 1.50. The van der Waals surface area contributed by atoms with Crippen LogP contribution in [0.5, 0.6) is 0 Å². The maximum absolute atomic E-state index is 12.1. The van der Waals surface area contributed by atoms with Crippen molar-refractivity contribution in [3.8, 4) is 0 Å². The number of hydrogen-bond donors (Lipinski definition) is 0. The molecule has 0 atom stereocenters. The highest BCUT2D eigenvalue weighted by molar-refractivity contribution is 5.86. The smallest absolute Gasteiger partial charge is 0.330 e. The Morgan fingerprint density at radius 1 is 1.00 bits per heavy atom. The van der Waals surface area contributed by atoms with E-state index in [4.69, 9.17) is 4.74 Å². The van der Waals surface area contributed by atoms with Gasteiger partial charge in [0, 0.05) is 11.5 Å². The van der Waals surface area contributed by atoms with Crippen molar-refractivity contribution < 1.29 is 9.53 Å². The summed E-state index contributed by atoms with van der Waals surface area (Å²) in [7, 11) is 0. The average molecular weight is 270 g/mol. The first kappa shape index (κ1) is 10.9. The number of carbonyl (C=O) groups excluding carboxylic acids is 1. The third-order valence-electron chi connectivity index (χ3n) is 8.39. The van der Waals surface area contributed by atoms with Gasteiger partial charge in [-0.05, 0) is 85.5 Å². The summed E-state index contributed by atoms with van der Waals surface area (Å²) in [6, 6.07) is 0. The number of carbonyl (C=O) groups is 1. The molecule has 0 N–H and O–H groups in total. The molecule has 6 aliphatic carbocycles. The van der Waals surface area contributed by atoms with Crippen LogP contribution in [0.15, 0.2) is 11.6 Å². The van der Waals surface area contributed by atoms with Crippen LogP contribution >= 0.6 is 0 Å². The first-order valence-electron chi connectivity index (χ1n) is 8.56. The fraction of sp³-hybridized carbons (Fsp3) is 0.833. The normalized spacial score (nSPS) is 40.1. The van der Waals surface area contributed by atoms with Crippen LogP contribution in [0.1, 0.15) is 58.3 Å². The highest BCUT2D eigenvalue weighted by Gasteiger charge is 3.08. The van der Waals surface area contributed by atoms with Crippen LogP contribution in [-0.4, -0.2) is 12.6 Å². The first-order chi connectivity index (χ1) is 9.66. The Morgan fingerprint density at radius 3 is 1.95 bits per heavy atom. The third kappa shape index (κ3) is 0.686. The van der Waals surface area contributed by atoms with Crippen LogP contribution in [0.4, 0.5) is 0 Å². The SMILES string of the molecule is CCOC(=O)/C=C1/C2(CC2)C2(CC2)C12C1(CC1)C21CC1. The number of rotatable bonds is 2. The number of esters is 1. The topological polar surface area (TPSA) is 26.3 Å². The predicted octanol–water partition coefficient (Wildman–Crippen LogP) is 3.61. The largest absolute Gasteiger partial charge is 0.463 e. The molecule has 6 rings (SSSR count). The van der Waals surface area contributed by atoms with Crippen molar-refractivity contribution >= 4 is 5.97 Å². The van der Waals surface area contributed by atoms with E-state index in [2.05, 4.69) is 0 Å². The van der Waals surface area contributed by atoms with Gasteiger partial charge in [0.05, 0.1) is 6.61 Å². The summed E-state index contributed by atoms with van der Waals surface area (Å²) >= 11 is 0. The van der Waals surface area contributed by atoms with E-state index in [0.29, 0.717) is 33.7 Å². The summed E-state index contributed by atoms with van der Waals surface area (Å²) in [5.74, 6) is -0.0675. The highest BCUT2D eigenvalue weighted by atomic mass is 16.5. The molecule has 6 aliphatic rings. The second-order valence-corrected chi connectivity index (χ2v) is 8.39. The van der Waals surface area contributed by atoms with Crippen LogP contribution in [0, 0.1) is 27.1 Å². The standard InChI is InChI=1S/C18H22O2/c1-2-20-13(19)11-12-14(3-4-14)15(5-6-15)18(12)16(7-8-16)17(18)9-10-17/h11H,2-10H2,1H3/b12-11-. The van der Waals surface area contributed by atoms with Gasteiger partial charge in [-0.1, -0.05) is 0 Å². The lowest BCUT2D eigenvalue weighted by Crippen LogP contribution is -2.49. The highest BCUT2D eigenvalue weighted by Crippen LogP contribution is 3.14. The molecule has 6 saturated carbocycles. The second kappa shape index (κ2) is 2.53. The van der Waals surface area contributed by atoms with Crippen LogP contribution in [0.3, 0.4) is 0 Å².